The SMILES string of the molecule is C=CNc1ncnc(Nc2ccc(F)c(C)c2)c1C. The molecule has 0 bridgehead atoms. The summed E-state index contributed by atoms with van der Waals surface area (Å²) in [5.74, 6) is 1.13. The first-order valence-corrected chi connectivity index (χ1v) is 5.84. The number of halogens is 1. The van der Waals surface area contributed by atoms with E-state index in [9.17, 15) is 4.39 Å². The molecule has 2 aromatic rings. The van der Waals surface area contributed by atoms with Gasteiger partial charge in [0.15, 0.2) is 0 Å². The fraction of sp³-hybridized carbons (Fsp3) is 0.143. The van der Waals surface area contributed by atoms with Crippen molar-refractivity contribution in [1.29, 1.82) is 0 Å². The van der Waals surface area contributed by atoms with Crippen LogP contribution in [0.3, 0.4) is 0 Å². The average molecular weight is 258 g/mol. The van der Waals surface area contributed by atoms with Crippen molar-refractivity contribution in [2.45, 2.75) is 13.8 Å². The van der Waals surface area contributed by atoms with Crippen LogP contribution in [-0.4, -0.2) is 9.97 Å². The van der Waals surface area contributed by atoms with E-state index >= 15 is 0 Å². The maximum atomic E-state index is 13.2. The summed E-state index contributed by atoms with van der Waals surface area (Å²) in [6.45, 7) is 7.21. The number of nitrogens with zero attached hydrogens (tertiary/aromatic N) is 2. The Morgan fingerprint density at radius 2 is 1.95 bits per heavy atom. The van der Waals surface area contributed by atoms with Crippen LogP contribution in [-0.2, 0) is 0 Å². The topological polar surface area (TPSA) is 49.8 Å². The maximum absolute atomic E-state index is 13.2. The van der Waals surface area contributed by atoms with Crippen molar-refractivity contribution in [2.24, 2.45) is 0 Å². The molecule has 0 saturated carbocycles. The van der Waals surface area contributed by atoms with Gasteiger partial charge in [-0.05, 0) is 43.8 Å². The molecule has 2 N–H and O–H groups in total. The van der Waals surface area contributed by atoms with E-state index in [4.69, 9.17) is 0 Å². The Balaban J connectivity index is 2.30. The predicted molar refractivity (Wildman–Crippen MR) is 75.0 cm³/mol. The van der Waals surface area contributed by atoms with Crippen LogP contribution in [0.15, 0.2) is 37.3 Å². The third-order valence-corrected chi connectivity index (χ3v) is 2.74. The zero-order valence-electron chi connectivity index (χ0n) is 10.9. The van der Waals surface area contributed by atoms with Crippen LogP contribution in [0.5, 0.6) is 0 Å². The molecule has 0 spiro atoms. The summed E-state index contributed by atoms with van der Waals surface area (Å²) in [4.78, 5) is 8.29. The molecule has 19 heavy (non-hydrogen) atoms. The zero-order chi connectivity index (χ0) is 13.8. The van der Waals surface area contributed by atoms with Gasteiger partial charge >= 0.3 is 0 Å². The minimum absolute atomic E-state index is 0.223. The van der Waals surface area contributed by atoms with E-state index in [1.807, 2.05) is 6.92 Å². The van der Waals surface area contributed by atoms with E-state index in [2.05, 4.69) is 27.2 Å². The Labute approximate surface area is 111 Å². The van der Waals surface area contributed by atoms with Crippen molar-refractivity contribution in [2.75, 3.05) is 10.6 Å². The molecule has 0 amide bonds. The number of hydrogen-bond acceptors (Lipinski definition) is 4. The van der Waals surface area contributed by atoms with Gasteiger partial charge in [-0.2, -0.15) is 0 Å². The number of aromatic nitrogens is 2. The lowest BCUT2D eigenvalue weighted by molar-refractivity contribution is 0.619. The van der Waals surface area contributed by atoms with Gasteiger partial charge < -0.3 is 10.6 Å². The molecule has 0 saturated heterocycles. The van der Waals surface area contributed by atoms with Gasteiger partial charge in [0.05, 0.1) is 0 Å². The molecular weight excluding hydrogens is 243 g/mol. The Kier molecular flexibility index (Phi) is 3.75. The van der Waals surface area contributed by atoms with Gasteiger partial charge in [0.2, 0.25) is 0 Å². The van der Waals surface area contributed by atoms with Crippen molar-refractivity contribution >= 4 is 17.3 Å². The van der Waals surface area contributed by atoms with Crippen LogP contribution in [0, 0.1) is 19.7 Å². The van der Waals surface area contributed by atoms with Gasteiger partial charge in [0, 0.05) is 11.3 Å². The quantitative estimate of drug-likeness (QED) is 0.880. The first kappa shape index (κ1) is 13.0. The molecule has 0 unspecified atom stereocenters. The molecule has 1 heterocycles. The van der Waals surface area contributed by atoms with Gasteiger partial charge in [-0.1, -0.05) is 6.58 Å². The van der Waals surface area contributed by atoms with Gasteiger partial charge in [-0.15, -0.1) is 0 Å². The van der Waals surface area contributed by atoms with Crippen molar-refractivity contribution in [1.82, 2.24) is 9.97 Å². The second kappa shape index (κ2) is 5.48. The largest absolute Gasteiger partial charge is 0.347 e. The van der Waals surface area contributed by atoms with E-state index in [0.29, 0.717) is 17.2 Å². The van der Waals surface area contributed by atoms with Crippen LogP contribution in [0.25, 0.3) is 0 Å². The molecule has 0 atom stereocenters. The van der Waals surface area contributed by atoms with E-state index in [1.165, 1.54) is 12.4 Å². The number of rotatable bonds is 4. The normalized spacial score (nSPS) is 10.1. The van der Waals surface area contributed by atoms with Crippen molar-refractivity contribution < 1.29 is 4.39 Å². The molecule has 0 aliphatic heterocycles. The van der Waals surface area contributed by atoms with E-state index in [-0.39, 0.29) is 5.82 Å². The molecule has 1 aromatic carbocycles. The summed E-state index contributed by atoms with van der Waals surface area (Å²) in [7, 11) is 0. The lowest BCUT2D eigenvalue weighted by Crippen LogP contribution is -2.02. The Morgan fingerprint density at radius 1 is 1.21 bits per heavy atom. The van der Waals surface area contributed by atoms with Gasteiger partial charge in [0.1, 0.15) is 23.8 Å². The molecule has 0 aliphatic carbocycles. The van der Waals surface area contributed by atoms with E-state index < -0.39 is 0 Å². The minimum Gasteiger partial charge on any atom is -0.347 e. The fourth-order valence-corrected chi connectivity index (χ4v) is 1.68. The summed E-state index contributed by atoms with van der Waals surface area (Å²) >= 11 is 0. The number of aryl methyl sites for hydroxylation is 1. The van der Waals surface area contributed by atoms with Gasteiger partial charge in [0.25, 0.3) is 0 Å². The highest BCUT2D eigenvalue weighted by Gasteiger charge is 2.07. The minimum atomic E-state index is -0.223. The number of hydrogen-bond donors (Lipinski definition) is 2. The summed E-state index contributed by atoms with van der Waals surface area (Å²) in [6, 6.07) is 4.83. The number of nitrogens with one attached hydrogen (secondary N) is 2. The lowest BCUT2D eigenvalue weighted by Gasteiger charge is -2.11. The molecule has 0 aliphatic rings. The zero-order valence-corrected chi connectivity index (χ0v) is 10.9. The van der Waals surface area contributed by atoms with Crippen molar-refractivity contribution in [3.8, 4) is 0 Å². The van der Waals surface area contributed by atoms with Crippen LogP contribution in [0.2, 0.25) is 0 Å². The molecule has 4 nitrogen and oxygen atoms in total. The van der Waals surface area contributed by atoms with Crippen LogP contribution in [0.1, 0.15) is 11.1 Å². The molecule has 2 rings (SSSR count). The molecule has 0 fully saturated rings. The van der Waals surface area contributed by atoms with Gasteiger partial charge in [-0.3, -0.25) is 0 Å². The molecule has 0 radical (unpaired) electrons. The first-order chi connectivity index (χ1) is 9.11. The highest BCUT2D eigenvalue weighted by Crippen LogP contribution is 2.23. The standard InChI is InChI=1S/C14H15FN4/c1-4-16-13-10(3)14(18-8-17-13)19-11-5-6-12(15)9(2)7-11/h4-8H,1H2,2-3H3,(H2,16,17,18,19). The molecule has 5 heteroatoms. The monoisotopic (exact) mass is 258 g/mol. The van der Waals surface area contributed by atoms with E-state index in [0.717, 1.165) is 11.3 Å². The second-order valence-corrected chi connectivity index (χ2v) is 4.13. The highest BCUT2D eigenvalue weighted by molar-refractivity contribution is 5.65. The smallest absolute Gasteiger partial charge is 0.138 e. The summed E-state index contributed by atoms with van der Waals surface area (Å²) in [5.41, 5.74) is 2.23. The maximum Gasteiger partial charge on any atom is 0.138 e. The second-order valence-electron chi connectivity index (χ2n) is 4.13. The van der Waals surface area contributed by atoms with Crippen LogP contribution >= 0.6 is 0 Å². The van der Waals surface area contributed by atoms with Crippen LogP contribution < -0.4 is 10.6 Å². The summed E-state index contributed by atoms with van der Waals surface area (Å²) in [5, 5.41) is 6.08. The van der Waals surface area contributed by atoms with E-state index in [1.54, 1.807) is 25.3 Å². The summed E-state index contributed by atoms with van der Waals surface area (Å²) < 4.78 is 13.2. The molecule has 98 valence electrons. The van der Waals surface area contributed by atoms with Gasteiger partial charge in [-0.25, -0.2) is 14.4 Å². The van der Waals surface area contributed by atoms with Crippen molar-refractivity contribution in [3.05, 3.63) is 54.2 Å². The fourth-order valence-electron chi connectivity index (χ4n) is 1.68. The lowest BCUT2D eigenvalue weighted by atomic mass is 10.2. The third kappa shape index (κ3) is 2.88. The Bertz CT molecular complexity index is 610. The number of anilines is 3. The van der Waals surface area contributed by atoms with Crippen LogP contribution in [0.4, 0.5) is 21.7 Å². The predicted octanol–water partition coefficient (Wildman–Crippen LogP) is 3.53. The highest BCUT2D eigenvalue weighted by atomic mass is 19.1. The van der Waals surface area contributed by atoms with Crippen molar-refractivity contribution in [3.63, 3.8) is 0 Å². The third-order valence-electron chi connectivity index (χ3n) is 2.74. The number of benzene rings is 1. The Hall–Kier alpha value is -2.43. The average Bonchev–Trinajstić information content (AvgIpc) is 2.39. The first-order valence-electron chi connectivity index (χ1n) is 5.84. The summed E-state index contributed by atoms with van der Waals surface area (Å²) in [6.07, 6.45) is 3.01. The molecule has 1 aromatic heterocycles. The molecular formula is C14H15FN4. The Morgan fingerprint density at radius 3 is 2.63 bits per heavy atom.